The summed E-state index contributed by atoms with van der Waals surface area (Å²) in [4.78, 5) is 13.0. The molecule has 3 rings (SSSR count). The van der Waals surface area contributed by atoms with Crippen LogP contribution >= 0.6 is 11.8 Å². The highest BCUT2D eigenvalue weighted by molar-refractivity contribution is 8.01. The second-order valence-corrected chi connectivity index (χ2v) is 7.31. The minimum absolute atomic E-state index is 0.0703. The molecule has 0 amide bonds. The van der Waals surface area contributed by atoms with Crippen LogP contribution in [0.25, 0.3) is 16.7 Å². The fourth-order valence-corrected chi connectivity index (χ4v) is 3.66. The fourth-order valence-electron chi connectivity index (χ4n) is 3.22. The molecule has 0 saturated heterocycles. The lowest BCUT2D eigenvalue weighted by Crippen LogP contribution is -2.24. The summed E-state index contributed by atoms with van der Waals surface area (Å²) in [7, 11) is 0. The van der Waals surface area contributed by atoms with E-state index in [0.717, 1.165) is 0 Å². The van der Waals surface area contributed by atoms with Gasteiger partial charge in [-0.1, -0.05) is 12.1 Å². The lowest BCUT2D eigenvalue weighted by atomic mass is 10.0. The van der Waals surface area contributed by atoms with Gasteiger partial charge in [0.05, 0.1) is 28.7 Å². The Morgan fingerprint density at radius 1 is 0.967 bits per heavy atom. The second kappa shape index (κ2) is 7.90. The maximum absolute atomic E-state index is 13.2. The van der Waals surface area contributed by atoms with E-state index in [9.17, 15) is 31.1 Å². The van der Waals surface area contributed by atoms with Gasteiger partial charge in [-0.25, -0.2) is 4.79 Å². The van der Waals surface area contributed by atoms with Crippen molar-refractivity contribution in [2.24, 2.45) is 0 Å². The summed E-state index contributed by atoms with van der Waals surface area (Å²) in [6.07, 6.45) is -8.10. The highest BCUT2D eigenvalue weighted by Gasteiger charge is 2.37. The van der Waals surface area contributed by atoms with Crippen LogP contribution in [-0.2, 0) is 18.9 Å². The summed E-state index contributed by atoms with van der Waals surface area (Å²) in [5, 5.41) is 1.73. The lowest BCUT2D eigenvalue weighted by molar-refractivity contribution is -0.143. The molecule has 10 heteroatoms. The normalized spacial score (nSPS) is 13.3. The van der Waals surface area contributed by atoms with E-state index in [2.05, 4.69) is 0 Å². The van der Waals surface area contributed by atoms with Gasteiger partial charge in [0, 0.05) is 5.70 Å². The Bertz CT molecular complexity index is 1140. The third-order valence-corrected chi connectivity index (χ3v) is 5.04. The van der Waals surface area contributed by atoms with Crippen LogP contribution in [0.1, 0.15) is 23.6 Å². The summed E-state index contributed by atoms with van der Waals surface area (Å²) < 4.78 is 81.5. The van der Waals surface area contributed by atoms with Crippen LogP contribution in [0.2, 0.25) is 0 Å². The molecule has 0 aliphatic rings. The highest BCUT2D eigenvalue weighted by Crippen LogP contribution is 2.36. The monoisotopic (exact) mass is 446 g/mol. The van der Waals surface area contributed by atoms with Gasteiger partial charge in [0.1, 0.15) is 0 Å². The molecular weight excluding hydrogens is 430 g/mol. The molecule has 0 aliphatic carbocycles. The summed E-state index contributed by atoms with van der Waals surface area (Å²) >= 11 is 1.36. The Hall–Kier alpha value is -2.62. The van der Waals surface area contributed by atoms with Crippen LogP contribution in [-0.4, -0.2) is 15.4 Å². The van der Waals surface area contributed by atoms with E-state index in [0.29, 0.717) is 28.9 Å². The maximum Gasteiger partial charge on any atom is 0.416 e. The third kappa shape index (κ3) is 4.28. The zero-order chi connectivity index (χ0) is 22.3. The van der Waals surface area contributed by atoms with Crippen molar-refractivity contribution >= 4 is 28.5 Å². The largest absolute Gasteiger partial charge is 0.416 e. The maximum atomic E-state index is 13.2. The summed E-state index contributed by atoms with van der Waals surface area (Å²) in [6, 6.07) is 7.94. The van der Waals surface area contributed by atoms with Crippen LogP contribution in [0.5, 0.6) is 0 Å². The van der Waals surface area contributed by atoms with E-state index in [1.165, 1.54) is 20.9 Å². The summed E-state index contributed by atoms with van der Waals surface area (Å²) in [6.45, 7) is 1.26. The molecule has 0 atom stereocenters. The molecule has 3 aromatic rings. The van der Waals surface area contributed by atoms with Crippen molar-refractivity contribution in [2.45, 2.75) is 25.8 Å². The second-order valence-electron chi connectivity index (χ2n) is 6.60. The number of hydrogen-bond donors (Lipinski definition) is 0. The summed E-state index contributed by atoms with van der Waals surface area (Å²) in [5.74, 6) is 0. The van der Waals surface area contributed by atoms with E-state index in [1.54, 1.807) is 42.9 Å². The van der Waals surface area contributed by atoms with Crippen molar-refractivity contribution in [2.75, 3.05) is 6.26 Å². The first-order valence-corrected chi connectivity index (χ1v) is 9.91. The molecule has 0 bridgehead atoms. The zero-order valence-electron chi connectivity index (χ0n) is 15.8. The van der Waals surface area contributed by atoms with Crippen molar-refractivity contribution < 1.29 is 26.3 Å². The number of hydrogen-bond acceptors (Lipinski definition) is 2. The van der Waals surface area contributed by atoms with Crippen molar-refractivity contribution in [1.29, 1.82) is 0 Å². The van der Waals surface area contributed by atoms with Gasteiger partial charge < -0.3 is 0 Å². The number of allylic oxidation sites excluding steroid dienone is 1. The van der Waals surface area contributed by atoms with Crippen LogP contribution in [0.15, 0.2) is 52.7 Å². The minimum atomic E-state index is -4.95. The Kier molecular flexibility index (Phi) is 5.81. The molecule has 0 unspecified atom stereocenters. The van der Waals surface area contributed by atoms with Crippen LogP contribution in [0.4, 0.5) is 26.3 Å². The van der Waals surface area contributed by atoms with Crippen LogP contribution in [0.3, 0.4) is 0 Å². The third-order valence-electron chi connectivity index (χ3n) is 4.46. The molecule has 0 radical (unpaired) electrons. The molecule has 0 N–H and O–H groups in total. The van der Waals surface area contributed by atoms with E-state index in [-0.39, 0.29) is 11.6 Å². The van der Waals surface area contributed by atoms with Gasteiger partial charge in [0.15, 0.2) is 0 Å². The minimum Gasteiger partial charge on any atom is -0.287 e. The number of fused-ring (bicyclic) bond motifs is 1. The Labute approximate surface area is 171 Å². The van der Waals surface area contributed by atoms with Gasteiger partial charge in [0.2, 0.25) is 0 Å². The van der Waals surface area contributed by atoms with Crippen molar-refractivity contribution in [1.82, 2.24) is 9.13 Å². The van der Waals surface area contributed by atoms with Gasteiger partial charge in [-0.2, -0.15) is 26.3 Å². The molecule has 1 heterocycles. The Morgan fingerprint density at radius 2 is 1.50 bits per heavy atom. The molecule has 3 nitrogen and oxygen atoms in total. The van der Waals surface area contributed by atoms with E-state index in [4.69, 9.17) is 0 Å². The Balaban J connectivity index is 2.21. The number of nitrogens with zero attached hydrogens (tertiary/aromatic N) is 2. The number of thioether (sulfide) groups is 1. The molecule has 2 aromatic carbocycles. The molecule has 0 saturated carbocycles. The number of para-hydroxylation sites is 2. The molecule has 160 valence electrons. The first kappa shape index (κ1) is 22.1. The first-order chi connectivity index (χ1) is 13.9. The number of halogens is 6. The molecule has 30 heavy (non-hydrogen) atoms. The highest BCUT2D eigenvalue weighted by atomic mass is 32.2. The van der Waals surface area contributed by atoms with Crippen LogP contribution in [0, 0.1) is 0 Å². The Morgan fingerprint density at radius 3 is 2.00 bits per heavy atom. The standard InChI is InChI=1S/C20H16F6N2OS/c1-12(11-30-2)28-17-6-4-3-5-16(17)27(18(28)29)10-13-7-14(19(21,22)23)9-15(8-13)20(24,25)26/h3-9,11H,10H2,1-2H3/b12-11+. The fraction of sp³-hybridized carbons (Fsp3) is 0.250. The van der Waals surface area contributed by atoms with Crippen molar-refractivity contribution in [3.63, 3.8) is 0 Å². The number of imidazole rings is 1. The smallest absolute Gasteiger partial charge is 0.287 e. The molecule has 1 aromatic heterocycles. The predicted octanol–water partition coefficient (Wildman–Crippen LogP) is 6.07. The summed E-state index contributed by atoms with van der Waals surface area (Å²) in [5.41, 5.74) is -2.15. The molecule has 0 aliphatic heterocycles. The quantitative estimate of drug-likeness (QED) is 0.455. The predicted molar refractivity (Wildman–Crippen MR) is 105 cm³/mol. The van der Waals surface area contributed by atoms with E-state index >= 15 is 0 Å². The lowest BCUT2D eigenvalue weighted by Gasteiger charge is -2.14. The number of aromatic nitrogens is 2. The number of rotatable bonds is 4. The van der Waals surface area contributed by atoms with Crippen molar-refractivity contribution in [3.8, 4) is 0 Å². The first-order valence-electron chi connectivity index (χ1n) is 8.62. The number of alkyl halides is 6. The van der Waals surface area contributed by atoms with Crippen LogP contribution < -0.4 is 5.69 Å². The molecule has 0 spiro atoms. The van der Waals surface area contributed by atoms with Gasteiger partial charge in [0.25, 0.3) is 0 Å². The van der Waals surface area contributed by atoms with Gasteiger partial charge >= 0.3 is 18.0 Å². The average Bonchev–Trinajstić information content (AvgIpc) is 2.92. The SMILES string of the molecule is CS/C=C(\C)n1c(=O)n(Cc2cc(C(F)(F)F)cc(C(F)(F)F)c2)c2ccccc21. The average molecular weight is 446 g/mol. The van der Waals surface area contributed by atoms with Gasteiger partial charge in [-0.15, -0.1) is 11.8 Å². The topological polar surface area (TPSA) is 26.9 Å². The van der Waals surface area contributed by atoms with E-state index in [1.807, 2.05) is 0 Å². The van der Waals surface area contributed by atoms with Gasteiger partial charge in [-0.3, -0.25) is 9.13 Å². The van der Waals surface area contributed by atoms with Crippen molar-refractivity contribution in [3.05, 3.63) is 75.0 Å². The van der Waals surface area contributed by atoms with Gasteiger partial charge in [-0.05, 0) is 54.5 Å². The zero-order valence-corrected chi connectivity index (χ0v) is 16.6. The molecular formula is C20H16F6N2OS. The van der Waals surface area contributed by atoms with E-state index < -0.39 is 35.7 Å². The molecule has 0 fully saturated rings. The number of benzene rings is 2.